The summed E-state index contributed by atoms with van der Waals surface area (Å²) >= 11 is 0. The first kappa shape index (κ1) is 23.3. The molecule has 1 aromatic carbocycles. The number of benzene rings is 1. The molecule has 1 fully saturated rings. The Morgan fingerprint density at radius 1 is 1.14 bits per heavy atom. The Morgan fingerprint density at radius 2 is 1.69 bits per heavy atom. The average molecular weight is 425 g/mol. The summed E-state index contributed by atoms with van der Waals surface area (Å²) in [5, 5.41) is 5.64. The normalized spacial score (nSPS) is 16.6. The van der Waals surface area contributed by atoms with Gasteiger partial charge < -0.3 is 10.6 Å². The van der Waals surface area contributed by atoms with Crippen molar-refractivity contribution in [1.29, 1.82) is 0 Å². The standard InChI is InChI=1S/C20H32N4O4S/c1-15(23(5)14-18(25)22-20(2,3)4)19(26)21-16-8-10-17(11-9-16)29(27,28)24-12-6-7-13-24/h8-11,15H,6-7,12-14H2,1-5H3,(H,21,26)(H,22,25)/t15-/m0/s1. The number of hydrogen-bond donors (Lipinski definition) is 2. The first-order chi connectivity index (χ1) is 13.4. The van der Waals surface area contributed by atoms with E-state index in [1.807, 2.05) is 20.8 Å². The van der Waals surface area contributed by atoms with E-state index < -0.39 is 16.1 Å². The summed E-state index contributed by atoms with van der Waals surface area (Å²) in [5.74, 6) is -0.428. The molecule has 2 amide bonds. The summed E-state index contributed by atoms with van der Waals surface area (Å²) < 4.78 is 26.6. The van der Waals surface area contributed by atoms with E-state index in [0.717, 1.165) is 12.8 Å². The van der Waals surface area contributed by atoms with Gasteiger partial charge >= 0.3 is 0 Å². The topological polar surface area (TPSA) is 98.8 Å². The predicted octanol–water partition coefficient (Wildman–Crippen LogP) is 1.64. The van der Waals surface area contributed by atoms with Gasteiger partial charge in [0.2, 0.25) is 21.8 Å². The number of anilines is 1. The molecule has 1 saturated heterocycles. The molecular formula is C20H32N4O4S. The molecule has 0 bridgehead atoms. The fourth-order valence-corrected chi connectivity index (χ4v) is 4.57. The Balaban J connectivity index is 1.95. The van der Waals surface area contributed by atoms with Crippen LogP contribution in [0.4, 0.5) is 5.69 Å². The predicted molar refractivity (Wildman–Crippen MR) is 113 cm³/mol. The minimum atomic E-state index is -3.47. The number of amides is 2. The molecule has 1 aliphatic heterocycles. The zero-order valence-electron chi connectivity index (χ0n) is 17.9. The molecule has 1 aromatic rings. The van der Waals surface area contributed by atoms with E-state index in [9.17, 15) is 18.0 Å². The van der Waals surface area contributed by atoms with Gasteiger partial charge in [-0.1, -0.05) is 0 Å². The summed E-state index contributed by atoms with van der Waals surface area (Å²) in [7, 11) is -1.77. The maximum absolute atomic E-state index is 12.6. The van der Waals surface area contributed by atoms with Crippen molar-refractivity contribution in [1.82, 2.24) is 14.5 Å². The maximum Gasteiger partial charge on any atom is 0.243 e. The molecule has 8 nitrogen and oxygen atoms in total. The van der Waals surface area contributed by atoms with Gasteiger partial charge in [0.1, 0.15) is 0 Å². The molecule has 2 N–H and O–H groups in total. The van der Waals surface area contributed by atoms with Crippen LogP contribution in [0.5, 0.6) is 0 Å². The highest BCUT2D eigenvalue weighted by atomic mass is 32.2. The number of hydrogen-bond acceptors (Lipinski definition) is 5. The highest BCUT2D eigenvalue weighted by Gasteiger charge is 2.27. The lowest BCUT2D eigenvalue weighted by Gasteiger charge is -2.26. The van der Waals surface area contributed by atoms with E-state index in [1.165, 1.54) is 16.4 Å². The van der Waals surface area contributed by atoms with E-state index >= 15 is 0 Å². The van der Waals surface area contributed by atoms with Crippen LogP contribution in [0.3, 0.4) is 0 Å². The van der Waals surface area contributed by atoms with Gasteiger partial charge in [-0.3, -0.25) is 14.5 Å². The molecule has 2 rings (SSSR count). The maximum atomic E-state index is 12.6. The highest BCUT2D eigenvalue weighted by Crippen LogP contribution is 2.22. The van der Waals surface area contributed by atoms with Gasteiger partial charge in [-0.15, -0.1) is 0 Å². The monoisotopic (exact) mass is 424 g/mol. The average Bonchev–Trinajstić information content (AvgIpc) is 3.15. The summed E-state index contributed by atoms with van der Waals surface area (Å²) in [6, 6.07) is 5.65. The molecule has 29 heavy (non-hydrogen) atoms. The first-order valence-corrected chi connectivity index (χ1v) is 11.3. The van der Waals surface area contributed by atoms with E-state index in [1.54, 1.807) is 31.0 Å². The highest BCUT2D eigenvalue weighted by molar-refractivity contribution is 7.89. The Hall–Kier alpha value is -1.97. The number of nitrogens with zero attached hydrogens (tertiary/aromatic N) is 2. The lowest BCUT2D eigenvalue weighted by Crippen LogP contribution is -2.49. The van der Waals surface area contributed by atoms with Gasteiger partial charge in [0.25, 0.3) is 0 Å². The quantitative estimate of drug-likeness (QED) is 0.693. The Bertz CT molecular complexity index is 825. The number of sulfonamides is 1. The van der Waals surface area contributed by atoms with E-state index in [2.05, 4.69) is 10.6 Å². The zero-order valence-corrected chi connectivity index (χ0v) is 18.7. The molecule has 0 spiro atoms. The van der Waals surface area contributed by atoms with Gasteiger partial charge in [-0.25, -0.2) is 8.42 Å². The largest absolute Gasteiger partial charge is 0.350 e. The smallest absolute Gasteiger partial charge is 0.243 e. The molecule has 0 saturated carbocycles. The molecule has 0 aromatic heterocycles. The van der Waals surface area contributed by atoms with Gasteiger partial charge in [-0.2, -0.15) is 4.31 Å². The van der Waals surface area contributed by atoms with Crippen LogP contribution in [0.2, 0.25) is 0 Å². The Morgan fingerprint density at radius 3 is 2.21 bits per heavy atom. The number of carbonyl (C=O) groups is 2. The fraction of sp³-hybridized carbons (Fsp3) is 0.600. The van der Waals surface area contributed by atoms with Gasteiger partial charge in [-0.05, 0) is 71.8 Å². The van der Waals surface area contributed by atoms with Crippen molar-refractivity contribution in [3.8, 4) is 0 Å². The first-order valence-electron chi connectivity index (χ1n) is 9.82. The second-order valence-corrected chi connectivity index (χ2v) is 10.5. The van der Waals surface area contributed by atoms with Crippen molar-refractivity contribution in [2.75, 3.05) is 32.0 Å². The van der Waals surface area contributed by atoms with Crippen LogP contribution in [-0.4, -0.2) is 67.7 Å². The number of carbonyl (C=O) groups excluding carboxylic acids is 2. The van der Waals surface area contributed by atoms with Crippen molar-refractivity contribution in [3.63, 3.8) is 0 Å². The molecule has 162 valence electrons. The second kappa shape index (κ2) is 9.23. The second-order valence-electron chi connectivity index (χ2n) is 8.51. The molecule has 9 heteroatoms. The van der Waals surface area contributed by atoms with Crippen molar-refractivity contribution in [3.05, 3.63) is 24.3 Å². The van der Waals surface area contributed by atoms with Gasteiger partial charge in [0.05, 0.1) is 17.5 Å². The van der Waals surface area contributed by atoms with Crippen LogP contribution >= 0.6 is 0 Å². The van der Waals surface area contributed by atoms with Crippen LogP contribution in [0.25, 0.3) is 0 Å². The Kier molecular flexibility index (Phi) is 7.42. The van der Waals surface area contributed by atoms with Gasteiger partial charge in [0.15, 0.2) is 0 Å². The van der Waals surface area contributed by atoms with Crippen LogP contribution in [-0.2, 0) is 19.6 Å². The molecule has 0 radical (unpaired) electrons. The third kappa shape index (κ3) is 6.52. The SMILES string of the molecule is C[C@@H](C(=O)Nc1ccc(S(=O)(=O)N2CCCC2)cc1)N(C)CC(=O)NC(C)(C)C. The van der Waals surface area contributed by atoms with E-state index in [0.29, 0.717) is 18.8 Å². The van der Waals surface area contributed by atoms with E-state index in [4.69, 9.17) is 0 Å². The van der Waals surface area contributed by atoms with Crippen molar-refractivity contribution >= 4 is 27.5 Å². The van der Waals surface area contributed by atoms with Crippen molar-refractivity contribution in [2.45, 2.75) is 57.0 Å². The lowest BCUT2D eigenvalue weighted by atomic mass is 10.1. The van der Waals surface area contributed by atoms with E-state index in [-0.39, 0.29) is 28.8 Å². The van der Waals surface area contributed by atoms with Crippen molar-refractivity contribution in [2.24, 2.45) is 0 Å². The van der Waals surface area contributed by atoms with Crippen LogP contribution in [0.1, 0.15) is 40.5 Å². The third-order valence-electron chi connectivity index (χ3n) is 4.77. The van der Waals surface area contributed by atoms with Gasteiger partial charge in [0, 0.05) is 24.3 Å². The zero-order chi connectivity index (χ0) is 21.8. The molecule has 1 aliphatic rings. The molecule has 1 atom stereocenters. The van der Waals surface area contributed by atoms with Crippen molar-refractivity contribution < 1.29 is 18.0 Å². The number of likely N-dealkylation sites (N-methyl/N-ethyl adjacent to an activating group) is 1. The lowest BCUT2D eigenvalue weighted by molar-refractivity contribution is -0.125. The number of nitrogens with one attached hydrogen (secondary N) is 2. The minimum absolute atomic E-state index is 0.0961. The molecular weight excluding hydrogens is 392 g/mol. The number of rotatable bonds is 7. The summed E-state index contributed by atoms with van der Waals surface area (Å²) in [6.07, 6.45) is 1.76. The molecule has 0 unspecified atom stereocenters. The van der Waals surface area contributed by atoms with Crippen LogP contribution in [0, 0.1) is 0 Å². The Labute approximate surface area is 173 Å². The third-order valence-corrected chi connectivity index (χ3v) is 6.69. The summed E-state index contributed by atoms with van der Waals surface area (Å²) in [6.45, 7) is 8.60. The minimum Gasteiger partial charge on any atom is -0.350 e. The fourth-order valence-electron chi connectivity index (χ4n) is 3.06. The summed E-state index contributed by atoms with van der Waals surface area (Å²) in [4.78, 5) is 26.4. The summed E-state index contributed by atoms with van der Waals surface area (Å²) in [5.41, 5.74) is 0.176. The van der Waals surface area contributed by atoms with Crippen LogP contribution < -0.4 is 10.6 Å². The molecule has 0 aliphatic carbocycles. The van der Waals surface area contributed by atoms with Crippen LogP contribution in [0.15, 0.2) is 29.2 Å². The molecule has 1 heterocycles.